The van der Waals surface area contributed by atoms with Gasteiger partial charge in [-0.05, 0) is 24.3 Å². The molecule has 1 atom stereocenters. The van der Waals surface area contributed by atoms with Gasteiger partial charge in [-0.3, -0.25) is 11.3 Å². The zero-order valence-electron chi connectivity index (χ0n) is 12.1. The van der Waals surface area contributed by atoms with E-state index in [0.29, 0.717) is 5.92 Å². The zero-order chi connectivity index (χ0) is 13.7. The molecule has 0 spiro atoms. The SMILES string of the molecule is CCCC(CCC)C(NN)c1cccc2c1OCC2. The van der Waals surface area contributed by atoms with Gasteiger partial charge < -0.3 is 4.74 Å². The molecule has 3 N–H and O–H groups in total. The van der Waals surface area contributed by atoms with Gasteiger partial charge in [0, 0.05) is 12.0 Å². The number of rotatable bonds is 7. The standard InChI is InChI=1S/C16H26N2O/c1-3-6-12(7-4-2)15(18-17)14-9-5-8-13-10-11-19-16(13)14/h5,8-9,12,15,18H,3-4,6-7,10-11,17H2,1-2H3. The summed E-state index contributed by atoms with van der Waals surface area (Å²) in [6, 6.07) is 6.65. The van der Waals surface area contributed by atoms with E-state index in [-0.39, 0.29) is 6.04 Å². The molecular formula is C16H26N2O. The van der Waals surface area contributed by atoms with Crippen LogP contribution in [0.3, 0.4) is 0 Å². The van der Waals surface area contributed by atoms with Gasteiger partial charge in [0.25, 0.3) is 0 Å². The molecule has 0 saturated heterocycles. The molecule has 3 nitrogen and oxygen atoms in total. The van der Waals surface area contributed by atoms with Gasteiger partial charge in [-0.15, -0.1) is 0 Å². The molecule has 19 heavy (non-hydrogen) atoms. The number of nitrogens with two attached hydrogens (primary N) is 1. The molecule has 0 fully saturated rings. The summed E-state index contributed by atoms with van der Waals surface area (Å²) < 4.78 is 5.82. The minimum atomic E-state index is 0.202. The second kappa shape index (κ2) is 6.92. The largest absolute Gasteiger partial charge is 0.493 e. The van der Waals surface area contributed by atoms with Crippen molar-refractivity contribution in [2.24, 2.45) is 11.8 Å². The molecule has 0 aromatic heterocycles. The lowest BCUT2D eigenvalue weighted by Crippen LogP contribution is -2.34. The van der Waals surface area contributed by atoms with Crippen LogP contribution in [0, 0.1) is 5.92 Å². The molecule has 1 aliphatic heterocycles. The molecule has 1 aliphatic rings. The summed E-state index contributed by atoms with van der Waals surface area (Å²) in [5, 5.41) is 0. The highest BCUT2D eigenvalue weighted by atomic mass is 16.5. The van der Waals surface area contributed by atoms with E-state index >= 15 is 0 Å². The highest BCUT2D eigenvalue weighted by molar-refractivity contribution is 5.45. The Morgan fingerprint density at radius 2 is 2.00 bits per heavy atom. The van der Waals surface area contributed by atoms with Gasteiger partial charge in [0.05, 0.1) is 12.6 Å². The minimum Gasteiger partial charge on any atom is -0.493 e. The number of benzene rings is 1. The van der Waals surface area contributed by atoms with E-state index in [1.807, 2.05) is 0 Å². The van der Waals surface area contributed by atoms with Crippen LogP contribution in [0.25, 0.3) is 0 Å². The third kappa shape index (κ3) is 3.10. The van der Waals surface area contributed by atoms with Crippen molar-refractivity contribution in [2.75, 3.05) is 6.61 Å². The summed E-state index contributed by atoms with van der Waals surface area (Å²) in [7, 11) is 0. The van der Waals surface area contributed by atoms with Crippen LogP contribution in [0.2, 0.25) is 0 Å². The molecule has 0 bridgehead atoms. The average molecular weight is 262 g/mol. The van der Waals surface area contributed by atoms with Gasteiger partial charge in [0.2, 0.25) is 0 Å². The van der Waals surface area contributed by atoms with E-state index in [2.05, 4.69) is 37.5 Å². The highest BCUT2D eigenvalue weighted by Gasteiger charge is 2.26. The van der Waals surface area contributed by atoms with Crippen LogP contribution in [0.1, 0.15) is 56.7 Å². The predicted molar refractivity (Wildman–Crippen MR) is 79.0 cm³/mol. The average Bonchev–Trinajstić information content (AvgIpc) is 2.89. The fraction of sp³-hybridized carbons (Fsp3) is 0.625. The first-order chi connectivity index (χ1) is 9.31. The number of ether oxygens (including phenoxy) is 1. The fourth-order valence-electron chi connectivity index (χ4n) is 3.18. The molecule has 0 amide bonds. The van der Waals surface area contributed by atoms with Gasteiger partial charge >= 0.3 is 0 Å². The Kier molecular flexibility index (Phi) is 5.23. The lowest BCUT2D eigenvalue weighted by Gasteiger charge is -2.27. The Balaban J connectivity index is 2.27. The van der Waals surface area contributed by atoms with Crippen molar-refractivity contribution in [3.05, 3.63) is 29.3 Å². The normalized spacial score (nSPS) is 15.4. The molecule has 0 aliphatic carbocycles. The summed E-state index contributed by atoms with van der Waals surface area (Å²) in [6.07, 6.45) is 5.81. The van der Waals surface area contributed by atoms with E-state index < -0.39 is 0 Å². The molecule has 1 heterocycles. The van der Waals surface area contributed by atoms with E-state index in [1.165, 1.54) is 36.8 Å². The van der Waals surface area contributed by atoms with E-state index in [0.717, 1.165) is 18.8 Å². The second-order valence-electron chi connectivity index (χ2n) is 5.42. The molecule has 1 unspecified atom stereocenters. The number of fused-ring (bicyclic) bond motifs is 1. The number of hydrazine groups is 1. The second-order valence-corrected chi connectivity index (χ2v) is 5.42. The van der Waals surface area contributed by atoms with Crippen molar-refractivity contribution in [2.45, 2.75) is 52.0 Å². The quantitative estimate of drug-likeness (QED) is 0.585. The van der Waals surface area contributed by atoms with Crippen LogP contribution in [0.15, 0.2) is 18.2 Å². The first kappa shape index (κ1) is 14.4. The number of hydrogen-bond acceptors (Lipinski definition) is 3. The monoisotopic (exact) mass is 262 g/mol. The number of para-hydroxylation sites is 1. The highest BCUT2D eigenvalue weighted by Crippen LogP contribution is 2.38. The summed E-state index contributed by atoms with van der Waals surface area (Å²) in [6.45, 7) is 5.28. The van der Waals surface area contributed by atoms with Crippen LogP contribution < -0.4 is 16.0 Å². The lowest BCUT2D eigenvalue weighted by atomic mass is 9.85. The van der Waals surface area contributed by atoms with Crippen molar-refractivity contribution in [1.29, 1.82) is 0 Å². The third-order valence-corrected chi connectivity index (χ3v) is 4.05. The Bertz CT molecular complexity index is 400. The van der Waals surface area contributed by atoms with Crippen molar-refractivity contribution < 1.29 is 4.74 Å². The maximum absolute atomic E-state index is 5.85. The Morgan fingerprint density at radius 1 is 1.26 bits per heavy atom. The number of nitrogens with one attached hydrogen (secondary N) is 1. The van der Waals surface area contributed by atoms with E-state index in [9.17, 15) is 0 Å². The van der Waals surface area contributed by atoms with Gasteiger partial charge in [-0.1, -0.05) is 44.9 Å². The smallest absolute Gasteiger partial charge is 0.127 e. The Morgan fingerprint density at radius 3 is 2.63 bits per heavy atom. The van der Waals surface area contributed by atoms with Crippen molar-refractivity contribution in [3.63, 3.8) is 0 Å². The van der Waals surface area contributed by atoms with Crippen molar-refractivity contribution in [1.82, 2.24) is 5.43 Å². The van der Waals surface area contributed by atoms with Crippen LogP contribution in [0.4, 0.5) is 0 Å². The molecule has 3 heteroatoms. The van der Waals surface area contributed by atoms with Crippen LogP contribution >= 0.6 is 0 Å². The first-order valence-electron chi connectivity index (χ1n) is 7.52. The molecular weight excluding hydrogens is 236 g/mol. The number of hydrogen-bond donors (Lipinski definition) is 2. The van der Waals surface area contributed by atoms with E-state index in [1.54, 1.807) is 0 Å². The van der Waals surface area contributed by atoms with Crippen LogP contribution in [-0.4, -0.2) is 6.61 Å². The minimum absolute atomic E-state index is 0.202. The summed E-state index contributed by atoms with van der Waals surface area (Å²) >= 11 is 0. The zero-order valence-corrected chi connectivity index (χ0v) is 12.1. The summed E-state index contributed by atoms with van der Waals surface area (Å²) in [5.74, 6) is 7.51. The molecule has 0 radical (unpaired) electrons. The van der Waals surface area contributed by atoms with Crippen molar-refractivity contribution >= 4 is 0 Å². The topological polar surface area (TPSA) is 47.3 Å². The first-order valence-corrected chi connectivity index (χ1v) is 7.52. The van der Waals surface area contributed by atoms with Crippen LogP contribution in [0.5, 0.6) is 5.75 Å². The van der Waals surface area contributed by atoms with Crippen LogP contribution in [-0.2, 0) is 6.42 Å². The lowest BCUT2D eigenvalue weighted by molar-refractivity contribution is 0.301. The van der Waals surface area contributed by atoms with Gasteiger partial charge in [-0.2, -0.15) is 0 Å². The predicted octanol–water partition coefficient (Wildman–Crippen LogP) is 3.34. The summed E-state index contributed by atoms with van der Waals surface area (Å²) in [5.41, 5.74) is 5.60. The Hall–Kier alpha value is -1.06. The molecule has 1 aromatic rings. The maximum atomic E-state index is 5.85. The third-order valence-electron chi connectivity index (χ3n) is 4.05. The molecule has 2 rings (SSSR count). The maximum Gasteiger partial charge on any atom is 0.127 e. The summed E-state index contributed by atoms with van der Waals surface area (Å²) in [4.78, 5) is 0. The van der Waals surface area contributed by atoms with Gasteiger partial charge in [-0.25, -0.2) is 0 Å². The van der Waals surface area contributed by atoms with Crippen molar-refractivity contribution in [3.8, 4) is 5.75 Å². The van der Waals surface area contributed by atoms with Gasteiger partial charge in [0.1, 0.15) is 5.75 Å². The molecule has 1 aromatic carbocycles. The van der Waals surface area contributed by atoms with E-state index in [4.69, 9.17) is 10.6 Å². The molecule has 0 saturated carbocycles. The molecule has 106 valence electrons. The van der Waals surface area contributed by atoms with Gasteiger partial charge in [0.15, 0.2) is 0 Å². The Labute approximate surface area is 116 Å². The fourth-order valence-corrected chi connectivity index (χ4v) is 3.18.